The van der Waals surface area contributed by atoms with Crippen LogP contribution in [0.4, 0.5) is 5.69 Å². The number of hydrogen-bond donors (Lipinski definition) is 1. The Bertz CT molecular complexity index is 680. The first kappa shape index (κ1) is 17.5. The van der Waals surface area contributed by atoms with Crippen LogP contribution < -0.4 is 10.1 Å². The molecular weight excluding hydrogens is 320 g/mol. The number of anilines is 1. The number of carbonyl (C=O) groups excluding carboxylic acids is 3. The number of amides is 2. The first-order valence-corrected chi connectivity index (χ1v) is 8.86. The Morgan fingerprint density at radius 2 is 2.00 bits per heavy atom. The minimum Gasteiger partial charge on any atom is -0.426 e. The molecule has 1 aliphatic carbocycles. The summed E-state index contributed by atoms with van der Waals surface area (Å²) in [7, 11) is 0. The molecule has 0 radical (unpaired) electrons. The smallest absolute Gasteiger partial charge is 0.317 e. The zero-order valence-corrected chi connectivity index (χ0v) is 14.5. The summed E-state index contributed by atoms with van der Waals surface area (Å²) in [5.74, 6) is -0.0200. The number of hydrogen-bond acceptors (Lipinski definition) is 4. The van der Waals surface area contributed by atoms with Crippen molar-refractivity contribution in [3.63, 3.8) is 0 Å². The van der Waals surface area contributed by atoms with Crippen molar-refractivity contribution in [2.75, 3.05) is 18.4 Å². The number of carbonyl (C=O) groups is 3. The number of likely N-dealkylation sites (tertiary alicyclic amines) is 1. The molecule has 1 saturated heterocycles. The molecule has 0 atom stereocenters. The highest BCUT2D eigenvalue weighted by Gasteiger charge is 2.38. The lowest BCUT2D eigenvalue weighted by Gasteiger charge is -2.21. The predicted molar refractivity (Wildman–Crippen MR) is 93.1 cm³/mol. The fourth-order valence-electron chi connectivity index (χ4n) is 3.47. The van der Waals surface area contributed by atoms with E-state index >= 15 is 0 Å². The van der Waals surface area contributed by atoms with Crippen LogP contribution in [-0.4, -0.2) is 35.8 Å². The quantitative estimate of drug-likeness (QED) is 0.658. The van der Waals surface area contributed by atoms with Crippen LogP contribution in [-0.2, 0) is 14.4 Å². The molecule has 25 heavy (non-hydrogen) atoms. The summed E-state index contributed by atoms with van der Waals surface area (Å²) in [5, 5.41) is 2.76. The molecule has 0 aromatic heterocycles. The Morgan fingerprint density at radius 3 is 2.68 bits per heavy atom. The largest absolute Gasteiger partial charge is 0.426 e. The maximum Gasteiger partial charge on any atom is 0.317 e. The highest BCUT2D eigenvalue weighted by molar-refractivity contribution is 5.95. The molecule has 1 saturated carbocycles. The van der Waals surface area contributed by atoms with E-state index in [9.17, 15) is 14.4 Å². The highest BCUT2D eigenvalue weighted by atomic mass is 16.5. The van der Waals surface area contributed by atoms with Gasteiger partial charge >= 0.3 is 5.97 Å². The van der Waals surface area contributed by atoms with Gasteiger partial charge in [0.15, 0.2) is 0 Å². The number of nitrogens with one attached hydrogen (secondary N) is 1. The summed E-state index contributed by atoms with van der Waals surface area (Å²) >= 11 is 0. The van der Waals surface area contributed by atoms with Gasteiger partial charge in [0.25, 0.3) is 0 Å². The number of benzene rings is 1. The van der Waals surface area contributed by atoms with Gasteiger partial charge in [-0.25, -0.2) is 0 Å². The molecule has 6 heteroatoms. The van der Waals surface area contributed by atoms with E-state index in [2.05, 4.69) is 5.32 Å². The Labute approximate surface area is 147 Å². The third-order valence-electron chi connectivity index (χ3n) is 5.03. The molecule has 0 bridgehead atoms. The van der Waals surface area contributed by atoms with Gasteiger partial charge in [-0.3, -0.25) is 14.4 Å². The zero-order chi connectivity index (χ0) is 17.9. The van der Waals surface area contributed by atoms with E-state index in [4.69, 9.17) is 4.74 Å². The average molecular weight is 344 g/mol. The van der Waals surface area contributed by atoms with Crippen molar-refractivity contribution in [3.05, 3.63) is 24.3 Å². The van der Waals surface area contributed by atoms with E-state index in [0.29, 0.717) is 24.4 Å². The van der Waals surface area contributed by atoms with Crippen molar-refractivity contribution in [1.82, 2.24) is 4.90 Å². The molecule has 1 heterocycles. The molecule has 1 aromatic rings. The Hall–Kier alpha value is -2.37. The van der Waals surface area contributed by atoms with Crippen molar-refractivity contribution in [1.29, 1.82) is 0 Å². The minimum absolute atomic E-state index is 0.0163. The predicted octanol–water partition coefficient (Wildman–Crippen LogP) is 2.73. The molecular formula is C19H24N2O4. The van der Waals surface area contributed by atoms with Crippen LogP contribution in [0, 0.1) is 5.41 Å². The molecule has 1 N–H and O–H groups in total. The molecule has 0 spiro atoms. The molecule has 0 unspecified atom stereocenters. The lowest BCUT2D eigenvalue weighted by molar-refractivity contribution is -0.144. The summed E-state index contributed by atoms with van der Waals surface area (Å²) in [6.45, 7) is 2.63. The van der Waals surface area contributed by atoms with Crippen LogP contribution in [0.1, 0.15) is 45.4 Å². The highest BCUT2D eigenvalue weighted by Crippen LogP contribution is 2.38. The number of rotatable bonds is 5. The van der Waals surface area contributed by atoms with Gasteiger partial charge < -0.3 is 15.0 Å². The summed E-state index contributed by atoms with van der Waals surface area (Å²) in [6.07, 6.45) is 5.12. The standard InChI is InChI=1S/C19H24N2O4/c1-19(9-2-3-10-19)18(24)25-15-7-4-6-14(12-15)20-16(22)13-21-11-5-8-17(21)23/h4,6-7,12H,2-3,5,8-11,13H2,1H3,(H,20,22). The summed E-state index contributed by atoms with van der Waals surface area (Å²) < 4.78 is 5.52. The molecule has 6 nitrogen and oxygen atoms in total. The van der Waals surface area contributed by atoms with Gasteiger partial charge in [-0.2, -0.15) is 0 Å². The summed E-state index contributed by atoms with van der Waals surface area (Å²) in [6, 6.07) is 6.81. The molecule has 3 rings (SSSR count). The van der Waals surface area contributed by atoms with Gasteiger partial charge in [-0.05, 0) is 38.3 Å². The number of esters is 1. The van der Waals surface area contributed by atoms with Crippen LogP contribution >= 0.6 is 0 Å². The molecule has 2 fully saturated rings. The van der Waals surface area contributed by atoms with E-state index in [0.717, 1.165) is 32.1 Å². The minimum atomic E-state index is -0.407. The third kappa shape index (κ3) is 4.18. The van der Waals surface area contributed by atoms with E-state index < -0.39 is 5.41 Å². The molecule has 1 aromatic carbocycles. The Kier molecular flexibility index (Phi) is 5.06. The van der Waals surface area contributed by atoms with E-state index in [-0.39, 0.29) is 24.3 Å². The molecule has 1 aliphatic heterocycles. The zero-order valence-electron chi connectivity index (χ0n) is 14.5. The van der Waals surface area contributed by atoms with Crippen LogP contribution in [0.2, 0.25) is 0 Å². The van der Waals surface area contributed by atoms with Crippen LogP contribution in [0.5, 0.6) is 5.75 Å². The second-order valence-corrected chi connectivity index (χ2v) is 7.15. The fourth-order valence-corrected chi connectivity index (χ4v) is 3.47. The molecule has 2 amide bonds. The van der Waals surface area contributed by atoms with Gasteiger partial charge in [0.05, 0.1) is 12.0 Å². The molecule has 2 aliphatic rings. The van der Waals surface area contributed by atoms with Gasteiger partial charge in [-0.1, -0.05) is 18.9 Å². The van der Waals surface area contributed by atoms with Crippen molar-refractivity contribution >= 4 is 23.5 Å². The molecule has 134 valence electrons. The monoisotopic (exact) mass is 344 g/mol. The lowest BCUT2D eigenvalue weighted by Crippen LogP contribution is -2.34. The average Bonchev–Trinajstić information content (AvgIpc) is 3.18. The van der Waals surface area contributed by atoms with Crippen LogP contribution in [0.25, 0.3) is 0 Å². The number of ether oxygens (including phenoxy) is 1. The van der Waals surface area contributed by atoms with Crippen LogP contribution in [0.15, 0.2) is 24.3 Å². The van der Waals surface area contributed by atoms with Gasteiger partial charge in [0.2, 0.25) is 11.8 Å². The van der Waals surface area contributed by atoms with Crippen molar-refractivity contribution in [2.24, 2.45) is 5.41 Å². The fraction of sp³-hybridized carbons (Fsp3) is 0.526. The van der Waals surface area contributed by atoms with Gasteiger partial charge in [0, 0.05) is 24.7 Å². The second kappa shape index (κ2) is 7.25. The van der Waals surface area contributed by atoms with E-state index in [1.807, 2.05) is 6.92 Å². The van der Waals surface area contributed by atoms with Crippen molar-refractivity contribution in [3.8, 4) is 5.75 Å². The first-order chi connectivity index (χ1) is 12.0. The van der Waals surface area contributed by atoms with Crippen molar-refractivity contribution < 1.29 is 19.1 Å². The number of nitrogens with zero attached hydrogens (tertiary/aromatic N) is 1. The van der Waals surface area contributed by atoms with Gasteiger partial charge in [0.1, 0.15) is 5.75 Å². The van der Waals surface area contributed by atoms with Crippen molar-refractivity contribution in [2.45, 2.75) is 45.4 Å². The maximum atomic E-state index is 12.4. The van der Waals surface area contributed by atoms with E-state index in [1.165, 1.54) is 0 Å². The normalized spacial score (nSPS) is 19.1. The van der Waals surface area contributed by atoms with Crippen LogP contribution in [0.3, 0.4) is 0 Å². The topological polar surface area (TPSA) is 75.7 Å². The third-order valence-corrected chi connectivity index (χ3v) is 5.03. The summed E-state index contributed by atoms with van der Waals surface area (Å²) in [5.41, 5.74) is 0.147. The Balaban J connectivity index is 1.58. The first-order valence-electron chi connectivity index (χ1n) is 8.86. The summed E-state index contributed by atoms with van der Waals surface area (Å²) in [4.78, 5) is 37.6. The van der Waals surface area contributed by atoms with E-state index in [1.54, 1.807) is 29.2 Å². The SMILES string of the molecule is CC1(C(=O)Oc2cccc(NC(=O)CN3CCCC3=O)c2)CCCC1. The lowest BCUT2D eigenvalue weighted by atomic mass is 9.89. The Morgan fingerprint density at radius 1 is 1.24 bits per heavy atom. The maximum absolute atomic E-state index is 12.4. The van der Waals surface area contributed by atoms with Gasteiger partial charge in [-0.15, -0.1) is 0 Å². The second-order valence-electron chi connectivity index (χ2n) is 7.15.